The third-order valence-corrected chi connectivity index (χ3v) is 3.88. The van der Waals surface area contributed by atoms with Crippen LogP contribution in [0.15, 0.2) is 54.6 Å². The summed E-state index contributed by atoms with van der Waals surface area (Å²) in [5.41, 5.74) is 1.84. The lowest BCUT2D eigenvalue weighted by Crippen LogP contribution is -2.45. The number of alkyl carbamates (subject to hydrolysis) is 1. The highest BCUT2D eigenvalue weighted by Gasteiger charge is 2.20. The Kier molecular flexibility index (Phi) is 6.83. The van der Waals surface area contributed by atoms with Gasteiger partial charge in [0.05, 0.1) is 0 Å². The van der Waals surface area contributed by atoms with Crippen LogP contribution in [0.4, 0.5) is 4.79 Å². The Morgan fingerprint density at radius 2 is 1.72 bits per heavy atom. The molecule has 0 saturated carbocycles. The van der Waals surface area contributed by atoms with E-state index in [1.165, 1.54) is 0 Å². The van der Waals surface area contributed by atoms with Gasteiger partial charge in [-0.2, -0.15) is 0 Å². The van der Waals surface area contributed by atoms with Gasteiger partial charge in [0.1, 0.15) is 12.6 Å². The molecule has 0 fully saturated rings. The third-order valence-electron chi connectivity index (χ3n) is 3.63. The molecular formula is C19H21ClN2O3. The second-order valence-electron chi connectivity index (χ2n) is 5.75. The number of ether oxygens (including phenoxy) is 1. The fourth-order valence-corrected chi connectivity index (χ4v) is 2.40. The number of halogens is 1. The quantitative estimate of drug-likeness (QED) is 0.856. The van der Waals surface area contributed by atoms with Gasteiger partial charge in [-0.25, -0.2) is 4.79 Å². The summed E-state index contributed by atoms with van der Waals surface area (Å²) in [5.74, 6) is -0.202. The Bertz CT molecular complexity index is 704. The summed E-state index contributed by atoms with van der Waals surface area (Å²) < 4.78 is 5.12. The van der Waals surface area contributed by atoms with E-state index in [-0.39, 0.29) is 12.5 Å². The average Bonchev–Trinajstić information content (AvgIpc) is 2.62. The monoisotopic (exact) mass is 360 g/mol. The van der Waals surface area contributed by atoms with E-state index in [0.717, 1.165) is 11.1 Å². The Morgan fingerprint density at radius 3 is 2.36 bits per heavy atom. The van der Waals surface area contributed by atoms with Crippen molar-refractivity contribution in [2.75, 3.05) is 7.05 Å². The van der Waals surface area contributed by atoms with Crippen LogP contribution in [0.1, 0.15) is 18.1 Å². The van der Waals surface area contributed by atoms with Crippen molar-refractivity contribution in [2.45, 2.75) is 26.1 Å². The topological polar surface area (TPSA) is 58.6 Å². The zero-order valence-corrected chi connectivity index (χ0v) is 15.0. The van der Waals surface area contributed by atoms with E-state index in [1.54, 1.807) is 31.0 Å². The first-order chi connectivity index (χ1) is 12.0. The molecule has 0 heterocycles. The van der Waals surface area contributed by atoms with E-state index >= 15 is 0 Å². The van der Waals surface area contributed by atoms with Gasteiger partial charge in [-0.1, -0.05) is 54.1 Å². The summed E-state index contributed by atoms with van der Waals surface area (Å²) in [6.45, 7) is 2.22. The summed E-state index contributed by atoms with van der Waals surface area (Å²) in [4.78, 5) is 25.7. The summed E-state index contributed by atoms with van der Waals surface area (Å²) in [5, 5.41) is 3.20. The molecule has 0 spiro atoms. The largest absolute Gasteiger partial charge is 0.445 e. The van der Waals surface area contributed by atoms with Crippen LogP contribution in [0.5, 0.6) is 0 Å². The Hall–Kier alpha value is -2.53. The molecule has 0 bridgehead atoms. The van der Waals surface area contributed by atoms with Gasteiger partial charge in [0.25, 0.3) is 0 Å². The van der Waals surface area contributed by atoms with Crippen molar-refractivity contribution in [1.82, 2.24) is 10.2 Å². The van der Waals surface area contributed by atoms with Crippen LogP contribution >= 0.6 is 11.6 Å². The molecule has 1 N–H and O–H groups in total. The molecule has 2 aromatic rings. The number of rotatable bonds is 6. The first kappa shape index (κ1) is 18.8. The van der Waals surface area contributed by atoms with Crippen LogP contribution in [0.2, 0.25) is 5.02 Å². The van der Waals surface area contributed by atoms with Crippen molar-refractivity contribution in [3.8, 4) is 0 Å². The van der Waals surface area contributed by atoms with Crippen LogP contribution in [-0.4, -0.2) is 30.0 Å². The Labute approximate surface area is 152 Å². The van der Waals surface area contributed by atoms with Crippen molar-refractivity contribution in [1.29, 1.82) is 0 Å². The molecule has 25 heavy (non-hydrogen) atoms. The van der Waals surface area contributed by atoms with Crippen molar-refractivity contribution < 1.29 is 14.3 Å². The second-order valence-corrected chi connectivity index (χ2v) is 6.18. The minimum absolute atomic E-state index is 0.161. The normalized spacial score (nSPS) is 11.5. The first-order valence-electron chi connectivity index (χ1n) is 7.92. The number of nitrogens with one attached hydrogen (secondary N) is 1. The van der Waals surface area contributed by atoms with Gasteiger partial charge >= 0.3 is 6.09 Å². The SMILES string of the molecule is CC(NC(=O)OCc1ccccc1)C(=O)N(C)Cc1ccc(Cl)cc1. The highest BCUT2D eigenvalue weighted by molar-refractivity contribution is 6.30. The maximum Gasteiger partial charge on any atom is 0.408 e. The lowest BCUT2D eigenvalue weighted by atomic mass is 10.2. The van der Waals surface area contributed by atoms with Gasteiger partial charge in [-0.3, -0.25) is 4.79 Å². The fourth-order valence-electron chi connectivity index (χ4n) is 2.28. The molecule has 0 aliphatic carbocycles. The van der Waals surface area contributed by atoms with Gasteiger partial charge < -0.3 is 15.0 Å². The maximum atomic E-state index is 12.4. The number of amides is 2. The zero-order valence-electron chi connectivity index (χ0n) is 14.2. The smallest absolute Gasteiger partial charge is 0.408 e. The van der Waals surface area contributed by atoms with Crippen molar-refractivity contribution in [2.24, 2.45) is 0 Å². The van der Waals surface area contributed by atoms with Crippen molar-refractivity contribution in [3.63, 3.8) is 0 Å². The van der Waals surface area contributed by atoms with Crippen LogP contribution < -0.4 is 5.32 Å². The molecule has 2 amide bonds. The average molecular weight is 361 g/mol. The Balaban J connectivity index is 1.80. The summed E-state index contributed by atoms with van der Waals surface area (Å²) >= 11 is 5.85. The highest BCUT2D eigenvalue weighted by atomic mass is 35.5. The van der Waals surface area contributed by atoms with E-state index in [9.17, 15) is 9.59 Å². The molecule has 1 atom stereocenters. The number of hydrogen-bond acceptors (Lipinski definition) is 3. The minimum atomic E-state index is -0.680. The lowest BCUT2D eigenvalue weighted by Gasteiger charge is -2.22. The molecule has 0 aliphatic heterocycles. The number of carbonyl (C=O) groups is 2. The molecule has 1 unspecified atom stereocenters. The molecule has 132 valence electrons. The van der Waals surface area contributed by atoms with Crippen LogP contribution in [-0.2, 0) is 22.7 Å². The second kappa shape index (κ2) is 9.08. The van der Waals surface area contributed by atoms with E-state index in [0.29, 0.717) is 11.6 Å². The zero-order chi connectivity index (χ0) is 18.2. The molecule has 5 nitrogen and oxygen atoms in total. The fraction of sp³-hybridized carbons (Fsp3) is 0.263. The van der Waals surface area contributed by atoms with Gasteiger partial charge in [0, 0.05) is 18.6 Å². The lowest BCUT2D eigenvalue weighted by molar-refractivity contribution is -0.132. The molecule has 0 radical (unpaired) electrons. The predicted molar refractivity (Wildman–Crippen MR) is 97.2 cm³/mol. The maximum absolute atomic E-state index is 12.4. The van der Waals surface area contributed by atoms with Gasteiger partial charge in [0.15, 0.2) is 0 Å². The van der Waals surface area contributed by atoms with E-state index in [2.05, 4.69) is 5.32 Å². The van der Waals surface area contributed by atoms with Gasteiger partial charge in [-0.05, 0) is 30.2 Å². The molecule has 6 heteroatoms. The van der Waals surface area contributed by atoms with Crippen LogP contribution in [0.3, 0.4) is 0 Å². The standard InChI is InChI=1S/C19H21ClN2O3/c1-14(21-19(24)25-13-16-6-4-3-5-7-16)18(23)22(2)12-15-8-10-17(20)11-9-15/h3-11,14H,12-13H2,1-2H3,(H,21,24). The summed E-state index contributed by atoms with van der Waals surface area (Å²) in [6.07, 6.45) is -0.621. The molecule has 2 aromatic carbocycles. The highest BCUT2D eigenvalue weighted by Crippen LogP contribution is 2.11. The van der Waals surface area contributed by atoms with Crippen molar-refractivity contribution >= 4 is 23.6 Å². The van der Waals surface area contributed by atoms with Crippen LogP contribution in [0.25, 0.3) is 0 Å². The number of benzene rings is 2. The number of nitrogens with zero attached hydrogens (tertiary/aromatic N) is 1. The van der Waals surface area contributed by atoms with Crippen molar-refractivity contribution in [3.05, 3.63) is 70.7 Å². The summed E-state index contributed by atoms with van der Waals surface area (Å²) in [6, 6.07) is 15.9. The number of hydrogen-bond donors (Lipinski definition) is 1. The molecule has 0 aliphatic rings. The third kappa shape index (κ3) is 6.12. The van der Waals surface area contributed by atoms with E-state index in [1.807, 2.05) is 42.5 Å². The van der Waals surface area contributed by atoms with Crippen LogP contribution in [0, 0.1) is 0 Å². The van der Waals surface area contributed by atoms with E-state index in [4.69, 9.17) is 16.3 Å². The number of likely N-dealkylation sites (N-methyl/N-ethyl adjacent to an activating group) is 1. The minimum Gasteiger partial charge on any atom is -0.445 e. The number of carbonyl (C=O) groups excluding carboxylic acids is 2. The Morgan fingerprint density at radius 1 is 1.08 bits per heavy atom. The molecule has 2 rings (SSSR count). The first-order valence-corrected chi connectivity index (χ1v) is 8.30. The predicted octanol–water partition coefficient (Wildman–Crippen LogP) is 3.61. The van der Waals surface area contributed by atoms with E-state index < -0.39 is 12.1 Å². The van der Waals surface area contributed by atoms with Gasteiger partial charge in [-0.15, -0.1) is 0 Å². The van der Waals surface area contributed by atoms with Gasteiger partial charge in [0.2, 0.25) is 5.91 Å². The molecule has 0 aromatic heterocycles. The molecule has 0 saturated heterocycles. The summed E-state index contributed by atoms with van der Waals surface area (Å²) in [7, 11) is 1.68. The molecular weight excluding hydrogens is 340 g/mol.